The fourth-order valence-electron chi connectivity index (χ4n) is 4.47. The molecule has 2 fully saturated rings. The molecule has 2 atom stereocenters. The number of amides is 1. The third kappa shape index (κ3) is 4.74. The van der Waals surface area contributed by atoms with Crippen molar-refractivity contribution in [2.24, 2.45) is 11.8 Å². The molecule has 0 aliphatic carbocycles. The number of likely N-dealkylation sites (tertiary alicyclic amines) is 1. The van der Waals surface area contributed by atoms with Gasteiger partial charge in [-0.1, -0.05) is 42.0 Å². The Morgan fingerprint density at radius 1 is 1.04 bits per heavy atom. The molecule has 2 aromatic carbocycles. The Morgan fingerprint density at radius 2 is 1.75 bits per heavy atom. The third-order valence-electron chi connectivity index (χ3n) is 6.11. The molecule has 0 saturated carbocycles. The smallest absolute Gasteiger partial charge is 0.226 e. The zero-order valence-corrected chi connectivity index (χ0v) is 16.7. The van der Waals surface area contributed by atoms with E-state index in [0.29, 0.717) is 13.0 Å². The van der Waals surface area contributed by atoms with Gasteiger partial charge in [0, 0.05) is 13.1 Å². The van der Waals surface area contributed by atoms with Crippen LogP contribution in [0.2, 0.25) is 0 Å². The number of ether oxygens (including phenoxy) is 1. The Balaban J connectivity index is 1.33. The van der Waals surface area contributed by atoms with Crippen molar-refractivity contribution < 1.29 is 9.53 Å². The molecule has 0 spiro atoms. The van der Waals surface area contributed by atoms with Crippen LogP contribution in [0.15, 0.2) is 48.5 Å². The third-order valence-corrected chi connectivity index (χ3v) is 6.11. The Morgan fingerprint density at radius 3 is 2.50 bits per heavy atom. The minimum atomic E-state index is 0.240. The van der Waals surface area contributed by atoms with Gasteiger partial charge in [-0.15, -0.1) is 0 Å². The predicted octanol–water partition coefficient (Wildman–Crippen LogP) is 3.57. The fourth-order valence-corrected chi connectivity index (χ4v) is 4.47. The second kappa shape index (κ2) is 8.78. The van der Waals surface area contributed by atoms with Crippen molar-refractivity contribution in [1.82, 2.24) is 10.2 Å². The molecule has 148 valence electrons. The first kappa shape index (κ1) is 19.0. The molecule has 0 aromatic heterocycles. The Labute approximate surface area is 167 Å². The maximum atomic E-state index is 12.8. The number of nitrogens with zero attached hydrogens (tertiary/aromatic N) is 1. The number of hydrogen-bond acceptors (Lipinski definition) is 3. The second-order valence-electron chi connectivity index (χ2n) is 8.24. The predicted molar refractivity (Wildman–Crippen MR) is 111 cm³/mol. The minimum Gasteiger partial charge on any atom is -0.489 e. The highest BCUT2D eigenvalue weighted by Gasteiger charge is 2.31. The highest BCUT2D eigenvalue weighted by Crippen LogP contribution is 2.27. The van der Waals surface area contributed by atoms with Crippen molar-refractivity contribution in [1.29, 1.82) is 0 Å². The largest absolute Gasteiger partial charge is 0.489 e. The van der Waals surface area contributed by atoms with Crippen molar-refractivity contribution in [2.45, 2.75) is 32.8 Å². The van der Waals surface area contributed by atoms with Crippen molar-refractivity contribution in [3.63, 3.8) is 0 Å². The lowest BCUT2D eigenvalue weighted by atomic mass is 9.92. The maximum Gasteiger partial charge on any atom is 0.226 e. The normalized spacial score (nSPS) is 21.8. The van der Waals surface area contributed by atoms with Gasteiger partial charge >= 0.3 is 0 Å². The Hall–Kier alpha value is -2.33. The van der Waals surface area contributed by atoms with Crippen LogP contribution in [-0.2, 0) is 17.8 Å². The number of carbonyl (C=O) groups excluding carboxylic acids is 1. The molecule has 2 aromatic rings. The number of benzene rings is 2. The monoisotopic (exact) mass is 378 g/mol. The van der Waals surface area contributed by atoms with Crippen LogP contribution >= 0.6 is 0 Å². The summed E-state index contributed by atoms with van der Waals surface area (Å²) >= 11 is 0. The Kier molecular flexibility index (Phi) is 5.96. The van der Waals surface area contributed by atoms with E-state index in [4.69, 9.17) is 4.74 Å². The van der Waals surface area contributed by atoms with Crippen LogP contribution in [0.1, 0.15) is 29.5 Å². The van der Waals surface area contributed by atoms with Crippen LogP contribution in [0.4, 0.5) is 0 Å². The summed E-state index contributed by atoms with van der Waals surface area (Å²) in [7, 11) is 0. The minimum absolute atomic E-state index is 0.240. The van der Waals surface area contributed by atoms with E-state index in [0.717, 1.165) is 67.7 Å². The molecule has 4 nitrogen and oxygen atoms in total. The highest BCUT2D eigenvalue weighted by molar-refractivity contribution is 5.79. The zero-order chi connectivity index (χ0) is 19.3. The van der Waals surface area contributed by atoms with Gasteiger partial charge in [0.05, 0.1) is 6.42 Å². The van der Waals surface area contributed by atoms with Crippen molar-refractivity contribution in [2.75, 3.05) is 26.2 Å². The second-order valence-corrected chi connectivity index (χ2v) is 8.24. The summed E-state index contributed by atoms with van der Waals surface area (Å²) in [5.74, 6) is 2.55. The summed E-state index contributed by atoms with van der Waals surface area (Å²) in [6.45, 7) is 6.65. The molecule has 0 radical (unpaired) electrons. The molecule has 0 unspecified atom stereocenters. The molecule has 2 aliphatic heterocycles. The van der Waals surface area contributed by atoms with Gasteiger partial charge in [-0.3, -0.25) is 4.79 Å². The van der Waals surface area contributed by atoms with Crippen LogP contribution in [0.5, 0.6) is 5.75 Å². The molecular weight excluding hydrogens is 348 g/mol. The van der Waals surface area contributed by atoms with E-state index in [1.165, 1.54) is 5.56 Å². The van der Waals surface area contributed by atoms with Crippen molar-refractivity contribution in [3.8, 4) is 5.75 Å². The molecule has 2 heterocycles. The quantitative estimate of drug-likeness (QED) is 0.865. The number of aryl methyl sites for hydroxylation is 1. The first-order valence-electron chi connectivity index (χ1n) is 10.4. The molecular formula is C24H30N2O2. The van der Waals surface area contributed by atoms with Gasteiger partial charge in [-0.05, 0) is 68.0 Å². The van der Waals surface area contributed by atoms with Gasteiger partial charge in [-0.25, -0.2) is 0 Å². The van der Waals surface area contributed by atoms with Crippen LogP contribution in [0.3, 0.4) is 0 Å². The maximum absolute atomic E-state index is 12.8. The summed E-state index contributed by atoms with van der Waals surface area (Å²) in [5, 5.41) is 3.49. The molecule has 1 amide bonds. The van der Waals surface area contributed by atoms with Crippen LogP contribution in [0.25, 0.3) is 0 Å². The lowest BCUT2D eigenvalue weighted by molar-refractivity contribution is -0.130. The molecule has 4 rings (SSSR count). The number of fused-ring (bicyclic) bond motifs is 1. The summed E-state index contributed by atoms with van der Waals surface area (Å²) < 4.78 is 5.95. The highest BCUT2D eigenvalue weighted by atomic mass is 16.5. The van der Waals surface area contributed by atoms with Crippen molar-refractivity contribution >= 4 is 5.91 Å². The van der Waals surface area contributed by atoms with E-state index in [9.17, 15) is 4.79 Å². The van der Waals surface area contributed by atoms with E-state index in [1.54, 1.807) is 0 Å². The summed E-state index contributed by atoms with van der Waals surface area (Å²) in [4.78, 5) is 14.9. The van der Waals surface area contributed by atoms with Crippen LogP contribution in [0, 0.1) is 18.8 Å². The van der Waals surface area contributed by atoms with E-state index in [2.05, 4.69) is 41.4 Å². The van der Waals surface area contributed by atoms with E-state index >= 15 is 0 Å². The van der Waals surface area contributed by atoms with E-state index < -0.39 is 0 Å². The van der Waals surface area contributed by atoms with Crippen LogP contribution in [-0.4, -0.2) is 37.0 Å². The molecule has 0 bridgehead atoms. The average Bonchev–Trinajstić information content (AvgIpc) is 3.05. The first-order valence-corrected chi connectivity index (χ1v) is 10.4. The van der Waals surface area contributed by atoms with Crippen molar-refractivity contribution in [3.05, 3.63) is 65.2 Å². The van der Waals surface area contributed by atoms with E-state index in [1.807, 2.05) is 24.3 Å². The first-order chi connectivity index (χ1) is 13.7. The molecule has 28 heavy (non-hydrogen) atoms. The number of rotatable bonds is 5. The van der Waals surface area contributed by atoms with Gasteiger partial charge in [0.15, 0.2) is 0 Å². The molecule has 1 N–H and O–H groups in total. The van der Waals surface area contributed by atoms with Gasteiger partial charge < -0.3 is 15.0 Å². The Bertz CT molecular complexity index is 806. The van der Waals surface area contributed by atoms with Gasteiger partial charge in [0.2, 0.25) is 5.91 Å². The summed E-state index contributed by atoms with van der Waals surface area (Å²) in [6, 6.07) is 16.3. The van der Waals surface area contributed by atoms with Gasteiger partial charge in [-0.2, -0.15) is 0 Å². The number of carbonyl (C=O) groups is 1. The molecule has 4 heteroatoms. The topological polar surface area (TPSA) is 41.6 Å². The van der Waals surface area contributed by atoms with Crippen LogP contribution < -0.4 is 10.1 Å². The SMILES string of the molecule is Cc1cccc(COc2cccc(CC(=O)N3CC[C@@H]4CNC[C@@H]4CC3)c2)c1. The number of hydrogen-bond donors (Lipinski definition) is 1. The number of nitrogens with one attached hydrogen (secondary N) is 1. The van der Waals surface area contributed by atoms with Gasteiger partial charge in [0.25, 0.3) is 0 Å². The average molecular weight is 379 g/mol. The molecule has 2 saturated heterocycles. The lowest BCUT2D eigenvalue weighted by Gasteiger charge is -2.21. The molecule has 2 aliphatic rings. The summed E-state index contributed by atoms with van der Waals surface area (Å²) in [6.07, 6.45) is 2.71. The lowest BCUT2D eigenvalue weighted by Crippen LogP contribution is -2.33. The van der Waals surface area contributed by atoms with E-state index in [-0.39, 0.29) is 5.91 Å². The summed E-state index contributed by atoms with van der Waals surface area (Å²) in [5.41, 5.74) is 3.42. The van der Waals surface area contributed by atoms with Gasteiger partial charge in [0.1, 0.15) is 12.4 Å². The zero-order valence-electron chi connectivity index (χ0n) is 16.7. The standard InChI is InChI=1S/C24H30N2O2/c1-18-4-2-6-20(12-18)17-28-23-7-3-5-19(13-23)14-24(27)26-10-8-21-15-25-16-22(21)9-11-26/h2-7,12-13,21-22,25H,8-11,14-17H2,1H3/t21-,22+. The fraction of sp³-hybridized carbons (Fsp3) is 0.458.